The average molecular weight is 426 g/mol. The molecule has 136 valence electrons. The topological polar surface area (TPSA) is 17.8 Å². The second kappa shape index (κ2) is 9.70. The largest absolute Gasteiger partial charge is 0.319 e. The van der Waals surface area contributed by atoms with Gasteiger partial charge in [-0.2, -0.15) is 11.8 Å². The van der Waals surface area contributed by atoms with E-state index >= 15 is 0 Å². The highest BCUT2D eigenvalue weighted by atomic mass is 35.5. The summed E-state index contributed by atoms with van der Waals surface area (Å²) in [6.45, 7) is 0. The fourth-order valence-corrected chi connectivity index (χ4v) is 4.64. The van der Waals surface area contributed by atoms with Crippen LogP contribution in [0.1, 0.15) is 28.3 Å². The van der Waals surface area contributed by atoms with E-state index in [4.69, 9.17) is 34.8 Å². The smallest absolute Gasteiger partial charge is 0.125 e. The van der Waals surface area contributed by atoms with Gasteiger partial charge in [-0.15, -0.1) is 0 Å². The van der Waals surface area contributed by atoms with E-state index in [1.165, 1.54) is 11.1 Å². The van der Waals surface area contributed by atoms with Crippen LogP contribution in [0.4, 0.5) is 0 Å². The summed E-state index contributed by atoms with van der Waals surface area (Å²) in [5.74, 6) is 1.01. The van der Waals surface area contributed by atoms with Crippen LogP contribution in [0.2, 0.25) is 10.0 Å². The molecule has 0 saturated carbocycles. The molecule has 3 aromatic rings. The number of rotatable bonds is 8. The zero-order chi connectivity index (χ0) is 18.4. The minimum atomic E-state index is -0.209. The lowest BCUT2D eigenvalue weighted by Gasteiger charge is -2.23. The van der Waals surface area contributed by atoms with Crippen molar-refractivity contribution < 1.29 is 0 Å². The van der Waals surface area contributed by atoms with Gasteiger partial charge in [-0.3, -0.25) is 0 Å². The van der Waals surface area contributed by atoms with E-state index in [0.717, 1.165) is 28.6 Å². The summed E-state index contributed by atoms with van der Waals surface area (Å²) in [5.41, 5.74) is 2.26. The molecule has 0 fully saturated rings. The number of aromatic nitrogens is 2. The first kappa shape index (κ1) is 19.6. The molecule has 0 radical (unpaired) electrons. The summed E-state index contributed by atoms with van der Waals surface area (Å²) in [6.07, 6.45) is 7.50. The Labute approximate surface area is 173 Å². The fourth-order valence-electron chi connectivity index (χ4n) is 2.70. The van der Waals surface area contributed by atoms with Crippen molar-refractivity contribution in [3.05, 3.63) is 88.4 Å². The summed E-state index contributed by atoms with van der Waals surface area (Å²) in [6, 6.07) is 16.0. The molecule has 0 amide bonds. The number of hydrogen-bond acceptors (Lipinski definition) is 2. The monoisotopic (exact) mass is 424 g/mol. The number of aryl methyl sites for hydroxylation is 1. The molecule has 1 aromatic heterocycles. The Balaban J connectivity index is 1.63. The highest BCUT2D eigenvalue weighted by Gasteiger charge is 2.23. The van der Waals surface area contributed by atoms with Crippen molar-refractivity contribution in [1.29, 1.82) is 0 Å². The summed E-state index contributed by atoms with van der Waals surface area (Å²) in [5, 5.41) is 1.62. The Morgan fingerprint density at radius 3 is 2.23 bits per heavy atom. The normalized spacial score (nSPS) is 13.5. The zero-order valence-corrected chi connectivity index (χ0v) is 17.1. The van der Waals surface area contributed by atoms with Crippen LogP contribution in [0.15, 0.2) is 67.3 Å². The van der Waals surface area contributed by atoms with Crippen molar-refractivity contribution >= 4 is 46.6 Å². The summed E-state index contributed by atoms with van der Waals surface area (Å²) >= 11 is 20.6. The Morgan fingerprint density at radius 2 is 1.62 bits per heavy atom. The second-order valence-corrected chi connectivity index (χ2v) is 8.52. The highest BCUT2D eigenvalue weighted by Crippen LogP contribution is 2.41. The van der Waals surface area contributed by atoms with E-state index in [2.05, 4.69) is 17.1 Å². The predicted octanol–water partition coefficient (Wildman–Crippen LogP) is 7.03. The molecular weight excluding hydrogens is 407 g/mol. The molecule has 0 N–H and O–H groups in total. The molecule has 0 saturated heterocycles. The van der Waals surface area contributed by atoms with Crippen molar-refractivity contribution in [3.63, 3.8) is 0 Å². The van der Waals surface area contributed by atoms with Gasteiger partial charge < -0.3 is 4.57 Å². The van der Waals surface area contributed by atoms with Gasteiger partial charge in [0.2, 0.25) is 0 Å². The lowest BCUT2D eigenvalue weighted by atomic mass is 10.1. The van der Waals surface area contributed by atoms with Crippen LogP contribution >= 0.6 is 46.6 Å². The molecule has 0 aliphatic rings. The van der Waals surface area contributed by atoms with Crippen molar-refractivity contribution in [2.24, 2.45) is 0 Å². The standard InChI is InChI=1S/C20H19Cl3N2S/c21-17-7-3-15(4-8-17)2-1-13-26-19(16-5-9-18(22)10-6-16)20(23)25-12-11-24-14-25/h3-12,14,19-20H,1-2,13H2. The van der Waals surface area contributed by atoms with Crippen LogP contribution in [-0.4, -0.2) is 15.3 Å². The maximum atomic E-state index is 6.76. The van der Waals surface area contributed by atoms with Crippen molar-refractivity contribution in [1.82, 2.24) is 9.55 Å². The van der Waals surface area contributed by atoms with Gasteiger partial charge in [-0.1, -0.05) is 59.1 Å². The third kappa shape index (κ3) is 5.43. The van der Waals surface area contributed by atoms with Crippen LogP contribution in [0.5, 0.6) is 0 Å². The molecule has 0 aliphatic carbocycles. The Hall–Kier alpha value is -1.13. The van der Waals surface area contributed by atoms with Gasteiger partial charge in [0, 0.05) is 22.4 Å². The van der Waals surface area contributed by atoms with E-state index in [-0.39, 0.29) is 10.8 Å². The van der Waals surface area contributed by atoms with E-state index in [9.17, 15) is 0 Å². The van der Waals surface area contributed by atoms with Gasteiger partial charge >= 0.3 is 0 Å². The molecule has 2 atom stereocenters. The van der Waals surface area contributed by atoms with E-state index in [1.807, 2.05) is 58.9 Å². The first-order valence-corrected chi connectivity index (χ1v) is 10.6. The molecule has 2 aromatic carbocycles. The molecule has 1 heterocycles. The summed E-state index contributed by atoms with van der Waals surface area (Å²) in [7, 11) is 0. The Kier molecular flexibility index (Phi) is 7.32. The number of benzene rings is 2. The van der Waals surface area contributed by atoms with Crippen molar-refractivity contribution in [3.8, 4) is 0 Å². The fraction of sp³-hybridized carbons (Fsp3) is 0.250. The van der Waals surface area contributed by atoms with Gasteiger partial charge in [0.1, 0.15) is 5.50 Å². The first-order valence-electron chi connectivity index (χ1n) is 8.36. The second-order valence-electron chi connectivity index (χ2n) is 5.96. The lowest BCUT2D eigenvalue weighted by molar-refractivity contribution is 0.650. The van der Waals surface area contributed by atoms with Crippen LogP contribution in [-0.2, 0) is 6.42 Å². The number of nitrogens with zero attached hydrogens (tertiary/aromatic N) is 2. The SMILES string of the molecule is Clc1ccc(CCCSC(c2ccc(Cl)cc2)C(Cl)n2ccnc2)cc1. The molecule has 26 heavy (non-hydrogen) atoms. The summed E-state index contributed by atoms with van der Waals surface area (Å²) in [4.78, 5) is 4.11. The molecule has 2 nitrogen and oxygen atoms in total. The number of halogens is 3. The number of alkyl halides is 1. The van der Waals surface area contributed by atoms with Crippen molar-refractivity contribution in [2.45, 2.75) is 23.6 Å². The number of hydrogen-bond donors (Lipinski definition) is 0. The van der Waals surface area contributed by atoms with Crippen LogP contribution < -0.4 is 0 Å². The zero-order valence-electron chi connectivity index (χ0n) is 14.1. The van der Waals surface area contributed by atoms with E-state index in [1.54, 1.807) is 12.5 Å². The van der Waals surface area contributed by atoms with Crippen LogP contribution in [0.3, 0.4) is 0 Å². The van der Waals surface area contributed by atoms with E-state index < -0.39 is 0 Å². The maximum Gasteiger partial charge on any atom is 0.125 e. The molecule has 6 heteroatoms. The quantitative estimate of drug-likeness (QED) is 0.284. The van der Waals surface area contributed by atoms with Gasteiger partial charge in [-0.25, -0.2) is 4.98 Å². The molecular formula is C20H19Cl3N2S. The first-order chi connectivity index (χ1) is 12.6. The van der Waals surface area contributed by atoms with Crippen LogP contribution in [0.25, 0.3) is 0 Å². The lowest BCUT2D eigenvalue weighted by Crippen LogP contribution is -2.10. The minimum Gasteiger partial charge on any atom is -0.319 e. The molecule has 0 spiro atoms. The third-order valence-corrected chi connectivity index (χ3v) is 6.62. The molecule has 2 unspecified atom stereocenters. The van der Waals surface area contributed by atoms with Crippen molar-refractivity contribution in [2.75, 3.05) is 5.75 Å². The number of imidazole rings is 1. The average Bonchev–Trinajstić information content (AvgIpc) is 3.19. The number of thioether (sulfide) groups is 1. The van der Waals surface area contributed by atoms with Gasteiger partial charge in [0.25, 0.3) is 0 Å². The molecule has 3 rings (SSSR count). The molecule has 0 aliphatic heterocycles. The van der Waals surface area contributed by atoms with Gasteiger partial charge in [-0.05, 0) is 54.0 Å². The molecule has 0 bridgehead atoms. The maximum absolute atomic E-state index is 6.76. The van der Waals surface area contributed by atoms with Gasteiger partial charge in [0.15, 0.2) is 0 Å². The minimum absolute atomic E-state index is 0.119. The predicted molar refractivity (Wildman–Crippen MR) is 114 cm³/mol. The third-order valence-electron chi connectivity index (χ3n) is 4.08. The Morgan fingerprint density at radius 1 is 0.962 bits per heavy atom. The van der Waals surface area contributed by atoms with Crippen LogP contribution in [0, 0.1) is 0 Å². The highest BCUT2D eigenvalue weighted by molar-refractivity contribution is 7.99. The van der Waals surface area contributed by atoms with Gasteiger partial charge in [0.05, 0.1) is 11.6 Å². The Bertz CT molecular complexity index is 789. The van der Waals surface area contributed by atoms with E-state index in [0.29, 0.717) is 0 Å². The summed E-state index contributed by atoms with van der Waals surface area (Å²) < 4.78 is 1.94.